The molecule has 1 spiro atoms. The van der Waals surface area contributed by atoms with Crippen LogP contribution in [0, 0.1) is 20.8 Å². The second-order valence-electron chi connectivity index (χ2n) is 25.4. The molecule has 0 fully saturated rings. The van der Waals surface area contributed by atoms with Crippen LogP contribution in [0.25, 0.3) is 77.6 Å². The summed E-state index contributed by atoms with van der Waals surface area (Å²) in [5.74, 6) is 0. The molecule has 0 amide bonds. The van der Waals surface area contributed by atoms with E-state index in [-0.39, 0.29) is 10.8 Å². The summed E-state index contributed by atoms with van der Waals surface area (Å²) in [5.41, 5.74) is 35.1. The highest BCUT2D eigenvalue weighted by atomic mass is 16.3. The molecular formula is C82H62N2O. The van der Waals surface area contributed by atoms with Crippen molar-refractivity contribution in [2.75, 3.05) is 9.80 Å². The van der Waals surface area contributed by atoms with Crippen LogP contribution in [0.5, 0.6) is 0 Å². The van der Waals surface area contributed by atoms with E-state index in [0.717, 1.165) is 61.6 Å². The fourth-order valence-corrected chi connectivity index (χ4v) is 15.8. The average Bonchev–Trinajstić information content (AvgIpc) is 1.60. The van der Waals surface area contributed by atoms with Crippen LogP contribution in [0.4, 0.5) is 34.1 Å². The third-order valence-electron chi connectivity index (χ3n) is 19.9. The molecule has 4 aliphatic carbocycles. The Morgan fingerprint density at radius 2 is 0.659 bits per heavy atom. The predicted molar refractivity (Wildman–Crippen MR) is 354 cm³/mol. The lowest BCUT2D eigenvalue weighted by Gasteiger charge is -2.31. The number of hydrogen-bond acceptors (Lipinski definition) is 3. The van der Waals surface area contributed by atoms with Crippen LogP contribution < -0.4 is 9.80 Å². The van der Waals surface area contributed by atoms with Gasteiger partial charge in [-0.25, -0.2) is 0 Å². The first-order valence-corrected chi connectivity index (χ1v) is 30.0. The van der Waals surface area contributed by atoms with Gasteiger partial charge in [-0.3, -0.25) is 0 Å². The Bertz CT molecular complexity index is 4850. The van der Waals surface area contributed by atoms with E-state index in [2.05, 4.69) is 301 Å². The second-order valence-corrected chi connectivity index (χ2v) is 25.4. The molecule has 13 aromatic rings. The Balaban J connectivity index is 0.782. The van der Waals surface area contributed by atoms with Gasteiger partial charge in [0.2, 0.25) is 0 Å². The van der Waals surface area contributed by atoms with E-state index >= 15 is 0 Å². The van der Waals surface area contributed by atoms with Gasteiger partial charge in [-0.05, 0) is 205 Å². The van der Waals surface area contributed by atoms with E-state index in [4.69, 9.17) is 4.42 Å². The molecule has 4 aliphatic rings. The maximum absolute atomic E-state index is 6.60. The van der Waals surface area contributed by atoms with Crippen LogP contribution in [0.2, 0.25) is 0 Å². The maximum Gasteiger partial charge on any atom is 0.137 e. The Hall–Kier alpha value is -9.96. The molecule has 3 nitrogen and oxygen atoms in total. The van der Waals surface area contributed by atoms with Crippen LogP contribution in [0.15, 0.2) is 253 Å². The highest BCUT2D eigenvalue weighted by Crippen LogP contribution is 2.63. The molecular weight excluding hydrogens is 1030 g/mol. The lowest BCUT2D eigenvalue weighted by molar-refractivity contribution is 0.659. The molecule has 0 aliphatic heterocycles. The topological polar surface area (TPSA) is 19.6 Å². The van der Waals surface area contributed by atoms with Crippen molar-refractivity contribution in [3.8, 4) is 55.6 Å². The van der Waals surface area contributed by atoms with Crippen molar-refractivity contribution >= 4 is 56.1 Å². The number of fused-ring (bicyclic) bond motifs is 19. The van der Waals surface area contributed by atoms with Crippen LogP contribution in [0.1, 0.15) is 88.9 Å². The molecule has 85 heavy (non-hydrogen) atoms. The van der Waals surface area contributed by atoms with Crippen molar-refractivity contribution in [3.63, 3.8) is 0 Å². The smallest absolute Gasteiger partial charge is 0.137 e. The first-order valence-electron chi connectivity index (χ1n) is 30.0. The first-order chi connectivity index (χ1) is 41.4. The van der Waals surface area contributed by atoms with Crippen molar-refractivity contribution in [2.45, 2.75) is 64.7 Å². The molecule has 0 bridgehead atoms. The zero-order valence-corrected chi connectivity index (χ0v) is 49.0. The molecule has 0 radical (unpaired) electrons. The summed E-state index contributed by atoms with van der Waals surface area (Å²) in [7, 11) is 0. The van der Waals surface area contributed by atoms with E-state index < -0.39 is 5.41 Å². The van der Waals surface area contributed by atoms with Crippen LogP contribution in [-0.4, -0.2) is 0 Å². The summed E-state index contributed by atoms with van der Waals surface area (Å²) in [6, 6.07) is 93.8. The number of benzene rings is 12. The van der Waals surface area contributed by atoms with Gasteiger partial charge in [0.25, 0.3) is 0 Å². The van der Waals surface area contributed by atoms with E-state index in [1.807, 2.05) is 6.07 Å². The zero-order valence-electron chi connectivity index (χ0n) is 49.0. The summed E-state index contributed by atoms with van der Waals surface area (Å²) in [6.07, 6.45) is 0. The average molecular weight is 1090 g/mol. The largest absolute Gasteiger partial charge is 0.456 e. The highest BCUT2D eigenvalue weighted by Gasteiger charge is 2.51. The van der Waals surface area contributed by atoms with Gasteiger partial charge in [0, 0.05) is 61.8 Å². The van der Waals surface area contributed by atoms with E-state index in [1.54, 1.807) is 0 Å². The molecule has 406 valence electrons. The van der Waals surface area contributed by atoms with Crippen molar-refractivity contribution in [2.24, 2.45) is 0 Å². The molecule has 1 aromatic heterocycles. The summed E-state index contributed by atoms with van der Waals surface area (Å²) in [6.45, 7) is 16.2. The fraction of sp³-hybridized carbons (Fsp3) is 0.122. The minimum absolute atomic E-state index is 0.149. The van der Waals surface area contributed by atoms with E-state index in [0.29, 0.717) is 0 Å². The third-order valence-corrected chi connectivity index (χ3v) is 19.9. The van der Waals surface area contributed by atoms with E-state index in [1.165, 1.54) is 111 Å². The van der Waals surface area contributed by atoms with Gasteiger partial charge in [-0.1, -0.05) is 203 Å². The quantitative estimate of drug-likeness (QED) is 0.159. The fourth-order valence-electron chi connectivity index (χ4n) is 15.8. The summed E-state index contributed by atoms with van der Waals surface area (Å²) in [4.78, 5) is 4.90. The molecule has 0 saturated heterocycles. The molecule has 12 aromatic carbocycles. The second kappa shape index (κ2) is 17.8. The van der Waals surface area contributed by atoms with Gasteiger partial charge in [-0.2, -0.15) is 0 Å². The summed E-state index contributed by atoms with van der Waals surface area (Å²) >= 11 is 0. The van der Waals surface area contributed by atoms with Crippen LogP contribution in [0.3, 0.4) is 0 Å². The van der Waals surface area contributed by atoms with Crippen molar-refractivity contribution < 1.29 is 4.42 Å². The molecule has 3 heteroatoms. The zero-order chi connectivity index (χ0) is 57.3. The third kappa shape index (κ3) is 6.96. The number of nitrogens with zero attached hydrogens (tertiary/aromatic N) is 2. The van der Waals surface area contributed by atoms with Gasteiger partial charge in [0.15, 0.2) is 0 Å². The van der Waals surface area contributed by atoms with Crippen molar-refractivity contribution in [3.05, 3.63) is 310 Å². The van der Waals surface area contributed by atoms with E-state index in [9.17, 15) is 0 Å². The Labute approximate surface area is 497 Å². The number of furan rings is 1. The SMILES string of the molecule is Cc1ccc2c(c1)C(C)(C)c1cc(N(c3ccc(-c4ccc(N(c5ccc6c(c5)-c5ccccc5C65c6ccccc6-c6ccccc65)c5ccc6c(c5)oc5ccccc56)cc4)c(C)c3)c3ccc4c(c3)C(C)(C)c3cc(C)ccc3-4)ccc1-2. The summed E-state index contributed by atoms with van der Waals surface area (Å²) in [5, 5.41) is 2.23. The van der Waals surface area contributed by atoms with Crippen LogP contribution >= 0.6 is 0 Å². The number of hydrogen-bond donors (Lipinski definition) is 0. The standard InChI is InChI=1S/C82H62N2O/c1-49-24-35-63-65-38-31-56(46-76(65)80(4,5)74(63)42-49)84(57-32-39-66-64-36-25-50(2)43-75(64)81(6,7)77(66)47-57)54-30-37-59(51(3)44-54)52-26-28-53(29-27-52)83(58-33-40-68-67-19-11-15-23-78(67)85-79(68)48-58)55-34-41-73-69(45-55)62-18-10-14-22-72(62)82(73)70-20-12-8-16-60(70)61-17-9-13-21-71(61)82/h8-48H,1-7H3. The Kier molecular flexibility index (Phi) is 10.4. The van der Waals surface area contributed by atoms with Gasteiger partial charge in [0.1, 0.15) is 11.2 Å². The molecule has 1 heterocycles. The molecule has 0 atom stereocenters. The van der Waals surface area contributed by atoms with Crippen molar-refractivity contribution in [1.29, 1.82) is 0 Å². The van der Waals surface area contributed by atoms with Gasteiger partial charge in [0.05, 0.1) is 5.41 Å². The monoisotopic (exact) mass is 1090 g/mol. The van der Waals surface area contributed by atoms with Gasteiger partial charge >= 0.3 is 0 Å². The Morgan fingerprint density at radius 1 is 0.271 bits per heavy atom. The normalized spacial score (nSPS) is 14.6. The predicted octanol–water partition coefficient (Wildman–Crippen LogP) is 22.1. The number of aryl methyl sites for hydroxylation is 3. The summed E-state index contributed by atoms with van der Waals surface area (Å²) < 4.78 is 6.60. The first kappa shape index (κ1) is 49.6. The number of rotatable bonds is 7. The molecule has 0 N–H and O–H groups in total. The lowest BCUT2D eigenvalue weighted by atomic mass is 9.70. The molecule has 0 unspecified atom stereocenters. The Morgan fingerprint density at radius 3 is 1.24 bits per heavy atom. The van der Waals surface area contributed by atoms with Gasteiger partial charge < -0.3 is 14.2 Å². The highest BCUT2D eigenvalue weighted by molar-refractivity contribution is 6.06. The minimum Gasteiger partial charge on any atom is -0.456 e. The van der Waals surface area contributed by atoms with Crippen molar-refractivity contribution in [1.82, 2.24) is 0 Å². The lowest BCUT2D eigenvalue weighted by Crippen LogP contribution is -2.25. The van der Waals surface area contributed by atoms with Crippen LogP contribution in [-0.2, 0) is 16.2 Å². The minimum atomic E-state index is -0.421. The maximum atomic E-state index is 6.60. The molecule has 17 rings (SSSR count). The number of para-hydroxylation sites is 1. The number of anilines is 6. The molecule has 0 saturated carbocycles. The van der Waals surface area contributed by atoms with Gasteiger partial charge in [-0.15, -0.1) is 0 Å².